The third-order valence-electron chi connectivity index (χ3n) is 3.31. The smallest absolute Gasteiger partial charge is 0.164 e. The zero-order chi connectivity index (χ0) is 16.8. The number of rotatable bonds is 5. The molecular formula is C18H16ClNO3. The second-order valence-electron chi connectivity index (χ2n) is 4.63. The molecule has 0 aliphatic rings. The lowest BCUT2D eigenvalue weighted by Gasteiger charge is -2.12. The van der Waals surface area contributed by atoms with Crippen molar-refractivity contribution in [2.75, 3.05) is 21.3 Å². The fourth-order valence-electron chi connectivity index (χ4n) is 2.13. The van der Waals surface area contributed by atoms with Crippen molar-refractivity contribution in [3.8, 4) is 23.3 Å². The average molecular weight is 330 g/mol. The van der Waals surface area contributed by atoms with E-state index >= 15 is 0 Å². The molecule has 0 aliphatic carbocycles. The number of hydrogen-bond donors (Lipinski definition) is 0. The van der Waals surface area contributed by atoms with Crippen LogP contribution in [-0.2, 0) is 0 Å². The summed E-state index contributed by atoms with van der Waals surface area (Å²) in [5, 5.41) is 10.1. The van der Waals surface area contributed by atoms with Crippen molar-refractivity contribution in [3.63, 3.8) is 0 Å². The Morgan fingerprint density at radius 3 is 2.04 bits per heavy atom. The van der Waals surface area contributed by atoms with Gasteiger partial charge in [-0.25, -0.2) is 0 Å². The number of hydrogen-bond acceptors (Lipinski definition) is 4. The van der Waals surface area contributed by atoms with Gasteiger partial charge in [-0.1, -0.05) is 23.7 Å². The lowest BCUT2D eigenvalue weighted by atomic mass is 10.0. The molecule has 2 aromatic rings. The Hall–Kier alpha value is -2.64. The molecule has 0 aromatic heterocycles. The number of halogens is 1. The minimum atomic E-state index is 0.493. The fourth-order valence-corrected chi connectivity index (χ4v) is 2.26. The quantitative estimate of drug-likeness (QED) is 0.601. The van der Waals surface area contributed by atoms with E-state index in [-0.39, 0.29) is 0 Å². The number of methoxy groups -OCH3 is 3. The van der Waals surface area contributed by atoms with Gasteiger partial charge in [0.05, 0.1) is 33.0 Å². The van der Waals surface area contributed by atoms with Crippen molar-refractivity contribution in [3.05, 3.63) is 52.5 Å². The molecule has 0 amide bonds. The zero-order valence-electron chi connectivity index (χ0n) is 13.1. The van der Waals surface area contributed by atoms with Crippen molar-refractivity contribution in [2.24, 2.45) is 0 Å². The Balaban J connectivity index is 2.55. The Bertz CT molecular complexity index is 761. The van der Waals surface area contributed by atoms with E-state index in [1.807, 2.05) is 0 Å². The third-order valence-corrected chi connectivity index (χ3v) is 3.56. The Labute approximate surface area is 140 Å². The van der Waals surface area contributed by atoms with Gasteiger partial charge < -0.3 is 14.2 Å². The lowest BCUT2D eigenvalue weighted by Crippen LogP contribution is -1.95. The minimum Gasteiger partial charge on any atom is -0.496 e. The highest BCUT2D eigenvalue weighted by molar-refractivity contribution is 6.30. The maximum Gasteiger partial charge on any atom is 0.164 e. The number of benzene rings is 2. The molecule has 2 rings (SSSR count). The van der Waals surface area contributed by atoms with Crippen molar-refractivity contribution >= 4 is 23.3 Å². The summed E-state index contributed by atoms with van der Waals surface area (Å²) in [4.78, 5) is 0. The summed E-state index contributed by atoms with van der Waals surface area (Å²) in [6.07, 6.45) is 1.74. The van der Waals surface area contributed by atoms with Gasteiger partial charge in [0.1, 0.15) is 5.75 Å². The number of nitrogens with zero attached hydrogens (tertiary/aromatic N) is 1. The summed E-state index contributed by atoms with van der Waals surface area (Å²) < 4.78 is 15.9. The van der Waals surface area contributed by atoms with Crippen molar-refractivity contribution in [2.45, 2.75) is 0 Å². The molecule has 0 aliphatic heterocycles. The van der Waals surface area contributed by atoms with Crippen LogP contribution in [0, 0.1) is 11.3 Å². The summed E-state index contributed by atoms with van der Waals surface area (Å²) >= 11 is 5.89. The standard InChI is InChI=1S/C18H16ClNO3/c1-21-16-10-18(23-3)17(22-2)9-13(16)8-14(11-20)12-4-6-15(19)7-5-12/h4-10H,1-3H3/b14-8+. The molecule has 0 atom stereocenters. The van der Waals surface area contributed by atoms with E-state index < -0.39 is 0 Å². The monoisotopic (exact) mass is 329 g/mol. The van der Waals surface area contributed by atoms with E-state index in [9.17, 15) is 5.26 Å². The summed E-state index contributed by atoms with van der Waals surface area (Å²) in [6.45, 7) is 0. The topological polar surface area (TPSA) is 51.5 Å². The van der Waals surface area contributed by atoms with Crippen LogP contribution in [0.5, 0.6) is 17.2 Å². The maximum atomic E-state index is 9.45. The van der Waals surface area contributed by atoms with Crippen LogP contribution in [0.15, 0.2) is 36.4 Å². The fraction of sp³-hybridized carbons (Fsp3) is 0.167. The summed E-state index contributed by atoms with van der Waals surface area (Å²) in [6, 6.07) is 12.8. The first-order valence-corrected chi connectivity index (χ1v) is 7.18. The Morgan fingerprint density at radius 2 is 1.52 bits per heavy atom. The lowest BCUT2D eigenvalue weighted by molar-refractivity contribution is 0.348. The first-order chi connectivity index (χ1) is 11.1. The van der Waals surface area contributed by atoms with Gasteiger partial charge in [0.15, 0.2) is 11.5 Å². The van der Waals surface area contributed by atoms with E-state index in [4.69, 9.17) is 25.8 Å². The van der Waals surface area contributed by atoms with Gasteiger partial charge in [-0.15, -0.1) is 0 Å². The molecule has 0 unspecified atom stereocenters. The first kappa shape index (κ1) is 16.7. The highest BCUT2D eigenvalue weighted by atomic mass is 35.5. The summed E-state index contributed by atoms with van der Waals surface area (Å²) in [7, 11) is 4.68. The Morgan fingerprint density at radius 1 is 0.957 bits per heavy atom. The van der Waals surface area contributed by atoms with Crippen LogP contribution < -0.4 is 14.2 Å². The molecule has 0 radical (unpaired) electrons. The molecule has 2 aromatic carbocycles. The second-order valence-corrected chi connectivity index (χ2v) is 5.06. The predicted octanol–water partition coefficient (Wildman–Crippen LogP) is 4.43. The molecule has 0 saturated heterocycles. The van der Waals surface area contributed by atoms with Crippen molar-refractivity contribution < 1.29 is 14.2 Å². The molecule has 23 heavy (non-hydrogen) atoms. The highest BCUT2D eigenvalue weighted by Gasteiger charge is 2.12. The molecule has 4 nitrogen and oxygen atoms in total. The zero-order valence-corrected chi connectivity index (χ0v) is 13.8. The van der Waals surface area contributed by atoms with E-state index in [2.05, 4.69) is 6.07 Å². The third kappa shape index (κ3) is 3.77. The largest absolute Gasteiger partial charge is 0.496 e. The molecule has 0 bridgehead atoms. The SMILES string of the molecule is COc1cc(OC)c(OC)cc1/C=C(\C#N)c1ccc(Cl)cc1. The summed E-state index contributed by atoms with van der Waals surface area (Å²) in [5.41, 5.74) is 1.98. The molecule has 0 spiro atoms. The van der Waals surface area contributed by atoms with Crippen LogP contribution >= 0.6 is 11.6 Å². The van der Waals surface area contributed by atoms with Gasteiger partial charge in [-0.2, -0.15) is 5.26 Å². The van der Waals surface area contributed by atoms with Gasteiger partial charge in [-0.05, 0) is 29.8 Å². The number of ether oxygens (including phenoxy) is 3. The van der Waals surface area contributed by atoms with Crippen molar-refractivity contribution in [1.29, 1.82) is 5.26 Å². The van der Waals surface area contributed by atoms with Gasteiger partial charge >= 0.3 is 0 Å². The van der Waals surface area contributed by atoms with Crippen molar-refractivity contribution in [1.82, 2.24) is 0 Å². The molecule has 118 valence electrons. The molecule has 5 heteroatoms. The number of allylic oxidation sites excluding steroid dienone is 1. The van der Waals surface area contributed by atoms with Gasteiger partial charge in [0.2, 0.25) is 0 Å². The summed E-state index contributed by atoms with van der Waals surface area (Å²) in [5.74, 6) is 1.71. The van der Waals surface area contributed by atoms with Gasteiger partial charge in [0.25, 0.3) is 0 Å². The minimum absolute atomic E-state index is 0.493. The van der Waals surface area contributed by atoms with E-state index in [1.165, 1.54) is 0 Å². The van der Waals surface area contributed by atoms with Crippen LogP contribution in [0.4, 0.5) is 0 Å². The van der Waals surface area contributed by atoms with E-state index in [0.29, 0.717) is 27.8 Å². The van der Waals surface area contributed by atoms with Crippen LogP contribution in [0.3, 0.4) is 0 Å². The maximum absolute atomic E-state index is 9.45. The molecule has 0 heterocycles. The van der Waals surface area contributed by atoms with Crippen LogP contribution in [-0.4, -0.2) is 21.3 Å². The van der Waals surface area contributed by atoms with Crippen LogP contribution in [0.1, 0.15) is 11.1 Å². The van der Waals surface area contributed by atoms with Gasteiger partial charge in [-0.3, -0.25) is 0 Å². The molecular weight excluding hydrogens is 314 g/mol. The van der Waals surface area contributed by atoms with E-state index in [0.717, 1.165) is 11.1 Å². The van der Waals surface area contributed by atoms with Crippen LogP contribution in [0.25, 0.3) is 11.6 Å². The second kappa shape index (κ2) is 7.57. The normalized spacial score (nSPS) is 10.8. The molecule has 0 fully saturated rings. The van der Waals surface area contributed by atoms with Gasteiger partial charge in [0, 0.05) is 16.7 Å². The van der Waals surface area contributed by atoms with E-state index in [1.54, 1.807) is 63.8 Å². The number of nitriles is 1. The average Bonchev–Trinajstić information content (AvgIpc) is 2.59. The predicted molar refractivity (Wildman–Crippen MR) is 91.0 cm³/mol. The Kier molecular flexibility index (Phi) is 5.51. The molecule has 0 saturated carbocycles. The highest BCUT2D eigenvalue weighted by Crippen LogP contribution is 2.36. The first-order valence-electron chi connectivity index (χ1n) is 6.80. The molecule has 0 N–H and O–H groups in total. The van der Waals surface area contributed by atoms with Crippen LogP contribution in [0.2, 0.25) is 5.02 Å².